The van der Waals surface area contributed by atoms with Gasteiger partial charge in [-0.25, -0.2) is 17.9 Å². The number of halogens is 1. The number of aromatic nitrogens is 2. The lowest BCUT2D eigenvalue weighted by Crippen LogP contribution is -2.32. The third-order valence-corrected chi connectivity index (χ3v) is 8.58. The van der Waals surface area contributed by atoms with Crippen LogP contribution in [0.25, 0.3) is 5.69 Å². The number of hydrogen-bond acceptors (Lipinski definition) is 6. The SMILES string of the molecule is CCOC(=O)c1ccccc1NC(=O)c1ccc(Cl)c(S(=O)(=O)N(C)c2c(C)n(C)n(-c3ccccc3)c2=O)c1. The fourth-order valence-electron chi connectivity index (χ4n) is 4.20. The maximum atomic E-state index is 13.8. The van der Waals surface area contributed by atoms with Gasteiger partial charge >= 0.3 is 5.97 Å². The number of amides is 1. The molecule has 0 unspecified atom stereocenters. The molecule has 4 aromatic rings. The van der Waals surface area contributed by atoms with Gasteiger partial charge in [0.1, 0.15) is 10.6 Å². The van der Waals surface area contributed by atoms with Crippen LogP contribution in [-0.4, -0.2) is 43.3 Å². The van der Waals surface area contributed by atoms with Crippen LogP contribution in [0.3, 0.4) is 0 Å². The summed E-state index contributed by atoms with van der Waals surface area (Å²) in [5.74, 6) is -1.28. The van der Waals surface area contributed by atoms with Crippen molar-refractivity contribution < 1.29 is 22.7 Å². The summed E-state index contributed by atoms with van der Waals surface area (Å²) in [4.78, 5) is 38.5. The van der Waals surface area contributed by atoms with Gasteiger partial charge in [0.15, 0.2) is 0 Å². The van der Waals surface area contributed by atoms with Crippen molar-refractivity contribution >= 4 is 44.9 Å². The quantitative estimate of drug-likeness (QED) is 0.308. The van der Waals surface area contributed by atoms with Gasteiger partial charge in [0, 0.05) is 19.7 Å². The van der Waals surface area contributed by atoms with Gasteiger partial charge in [0.05, 0.1) is 34.3 Å². The molecule has 0 bridgehead atoms. The van der Waals surface area contributed by atoms with Crippen LogP contribution in [0, 0.1) is 6.92 Å². The van der Waals surface area contributed by atoms with Crippen LogP contribution in [0.2, 0.25) is 5.02 Å². The van der Waals surface area contributed by atoms with E-state index in [4.69, 9.17) is 16.3 Å². The van der Waals surface area contributed by atoms with Crippen LogP contribution in [-0.2, 0) is 21.8 Å². The van der Waals surface area contributed by atoms with Crippen LogP contribution in [0.15, 0.2) is 82.5 Å². The zero-order valence-corrected chi connectivity index (χ0v) is 23.8. The number of nitrogens with zero attached hydrogens (tertiary/aromatic N) is 3. The average Bonchev–Trinajstić information content (AvgIpc) is 3.16. The zero-order chi connectivity index (χ0) is 29.2. The van der Waals surface area contributed by atoms with Gasteiger partial charge in [-0.15, -0.1) is 0 Å². The normalized spacial score (nSPS) is 11.2. The number of carbonyl (C=O) groups excluding carboxylic acids is 2. The molecule has 0 aliphatic carbocycles. The molecule has 4 rings (SSSR count). The Balaban J connectivity index is 1.71. The standard InChI is InChI=1S/C28H27ClN4O6S/c1-5-39-28(36)21-13-9-10-14-23(21)30-26(34)19-15-16-22(29)24(17-19)40(37,38)32(4)25-18(2)31(3)33(27(25)35)20-11-7-6-8-12-20/h6-17H,5H2,1-4H3,(H,30,34). The average molecular weight is 583 g/mol. The highest BCUT2D eigenvalue weighted by Crippen LogP contribution is 2.29. The predicted molar refractivity (Wildman–Crippen MR) is 153 cm³/mol. The number of sulfonamides is 1. The molecule has 0 atom stereocenters. The number of esters is 1. The lowest BCUT2D eigenvalue weighted by molar-refractivity contribution is 0.0527. The minimum atomic E-state index is -4.39. The van der Waals surface area contributed by atoms with E-state index in [1.54, 1.807) is 62.0 Å². The number of rotatable bonds is 8. The van der Waals surface area contributed by atoms with E-state index in [0.717, 1.165) is 10.4 Å². The van der Waals surface area contributed by atoms with Crippen LogP contribution < -0.4 is 15.2 Å². The first-order valence-corrected chi connectivity index (χ1v) is 14.0. The lowest BCUT2D eigenvalue weighted by Gasteiger charge is -2.19. The van der Waals surface area contributed by atoms with Gasteiger partial charge in [-0.2, -0.15) is 0 Å². The molecule has 208 valence electrons. The smallest absolute Gasteiger partial charge is 0.340 e. The van der Waals surface area contributed by atoms with Crippen LogP contribution in [0.5, 0.6) is 0 Å². The molecule has 1 heterocycles. The molecule has 3 aromatic carbocycles. The van der Waals surface area contributed by atoms with E-state index in [1.807, 2.05) is 6.07 Å². The maximum Gasteiger partial charge on any atom is 0.340 e. The molecule has 10 nitrogen and oxygen atoms in total. The first kappa shape index (κ1) is 28.7. The van der Waals surface area contributed by atoms with Crippen LogP contribution in [0.1, 0.15) is 33.3 Å². The molecule has 12 heteroatoms. The number of benzene rings is 3. The zero-order valence-electron chi connectivity index (χ0n) is 22.2. The van der Waals surface area contributed by atoms with Crippen LogP contribution in [0.4, 0.5) is 11.4 Å². The molecule has 1 aromatic heterocycles. The summed E-state index contributed by atoms with van der Waals surface area (Å²) in [7, 11) is -1.48. The number of anilines is 2. The number of para-hydroxylation sites is 2. The monoisotopic (exact) mass is 582 g/mol. The second kappa shape index (κ2) is 11.4. The number of nitrogens with one attached hydrogen (secondary N) is 1. The molecule has 0 spiro atoms. The third-order valence-electron chi connectivity index (χ3n) is 6.34. The predicted octanol–water partition coefficient (Wildman–Crippen LogP) is 4.39. The molecule has 0 radical (unpaired) electrons. The van der Waals surface area contributed by atoms with Gasteiger partial charge in [0.2, 0.25) is 0 Å². The van der Waals surface area contributed by atoms with Crippen molar-refractivity contribution in [3.8, 4) is 5.69 Å². The van der Waals surface area contributed by atoms with Gasteiger partial charge in [-0.05, 0) is 56.3 Å². The van der Waals surface area contributed by atoms with Crippen LogP contribution >= 0.6 is 11.6 Å². The Labute approximate surface area is 236 Å². The highest BCUT2D eigenvalue weighted by Gasteiger charge is 2.31. The fraction of sp³-hybridized carbons (Fsp3) is 0.179. The van der Waals surface area contributed by atoms with E-state index in [2.05, 4.69) is 5.32 Å². The van der Waals surface area contributed by atoms with Crippen molar-refractivity contribution in [1.82, 2.24) is 9.36 Å². The number of carbonyl (C=O) groups is 2. The first-order chi connectivity index (χ1) is 19.0. The van der Waals surface area contributed by atoms with Gasteiger partial charge in [-0.1, -0.05) is 41.9 Å². The highest BCUT2D eigenvalue weighted by molar-refractivity contribution is 7.93. The summed E-state index contributed by atoms with van der Waals surface area (Å²) in [5, 5.41) is 2.49. The Kier molecular flexibility index (Phi) is 8.17. The van der Waals surface area contributed by atoms with Crippen molar-refractivity contribution in [2.75, 3.05) is 23.3 Å². The van der Waals surface area contributed by atoms with Gasteiger partial charge < -0.3 is 10.1 Å². The van der Waals surface area contributed by atoms with E-state index in [-0.39, 0.29) is 39.0 Å². The summed E-state index contributed by atoms with van der Waals surface area (Å²) < 4.78 is 36.3. The molecular weight excluding hydrogens is 556 g/mol. The minimum Gasteiger partial charge on any atom is -0.462 e. The number of ether oxygens (including phenoxy) is 1. The molecule has 0 aliphatic heterocycles. The third kappa shape index (κ3) is 5.25. The lowest BCUT2D eigenvalue weighted by atomic mass is 10.1. The van der Waals surface area contributed by atoms with Crippen molar-refractivity contribution in [1.29, 1.82) is 0 Å². The van der Waals surface area contributed by atoms with Crippen molar-refractivity contribution in [2.45, 2.75) is 18.7 Å². The van der Waals surface area contributed by atoms with E-state index in [1.165, 1.54) is 36.0 Å². The maximum absolute atomic E-state index is 13.8. The Morgan fingerprint density at radius 1 is 1.02 bits per heavy atom. The van der Waals surface area contributed by atoms with E-state index < -0.39 is 27.5 Å². The first-order valence-electron chi connectivity index (χ1n) is 12.2. The topological polar surface area (TPSA) is 120 Å². The van der Waals surface area contributed by atoms with Gasteiger partial charge in [0.25, 0.3) is 21.5 Å². The van der Waals surface area contributed by atoms with E-state index in [9.17, 15) is 22.8 Å². The van der Waals surface area contributed by atoms with E-state index >= 15 is 0 Å². The summed E-state index contributed by atoms with van der Waals surface area (Å²) >= 11 is 6.30. The summed E-state index contributed by atoms with van der Waals surface area (Å²) in [6.45, 7) is 3.46. The summed E-state index contributed by atoms with van der Waals surface area (Å²) in [6.07, 6.45) is 0. The molecule has 1 N–H and O–H groups in total. The van der Waals surface area contributed by atoms with Crippen molar-refractivity contribution in [3.63, 3.8) is 0 Å². The second-order valence-corrected chi connectivity index (χ2v) is 11.1. The van der Waals surface area contributed by atoms with E-state index in [0.29, 0.717) is 11.4 Å². The number of hydrogen-bond donors (Lipinski definition) is 1. The largest absolute Gasteiger partial charge is 0.462 e. The summed E-state index contributed by atoms with van der Waals surface area (Å²) in [5.41, 5.74) is 0.674. The molecule has 40 heavy (non-hydrogen) atoms. The Morgan fingerprint density at radius 2 is 1.68 bits per heavy atom. The Hall–Kier alpha value is -4.35. The molecule has 0 aliphatic rings. The van der Waals surface area contributed by atoms with Crippen molar-refractivity contribution in [2.24, 2.45) is 7.05 Å². The second-order valence-electron chi connectivity index (χ2n) is 8.75. The molecule has 0 fully saturated rings. The molecule has 0 saturated heterocycles. The molecular formula is C28H27ClN4O6S. The molecule has 1 amide bonds. The highest BCUT2D eigenvalue weighted by atomic mass is 35.5. The van der Waals surface area contributed by atoms with Crippen molar-refractivity contribution in [3.05, 3.63) is 105 Å². The minimum absolute atomic E-state index is 0.0264. The Morgan fingerprint density at radius 3 is 2.35 bits per heavy atom. The summed E-state index contributed by atoms with van der Waals surface area (Å²) in [6, 6.07) is 18.9. The van der Waals surface area contributed by atoms with Gasteiger partial charge in [-0.3, -0.25) is 18.6 Å². The fourth-order valence-corrected chi connectivity index (χ4v) is 5.95. The Bertz CT molecular complexity index is 1760. The molecule has 0 saturated carbocycles.